The molecule has 2 heteroatoms. The van der Waals surface area contributed by atoms with Gasteiger partial charge in [-0.2, -0.15) is 0 Å². The Morgan fingerprint density at radius 2 is 0.724 bits per heavy atom. The van der Waals surface area contributed by atoms with E-state index in [9.17, 15) is 0 Å². The van der Waals surface area contributed by atoms with Gasteiger partial charge in [-0.3, -0.25) is 0 Å². The van der Waals surface area contributed by atoms with Crippen molar-refractivity contribution >= 4 is 0 Å². The highest BCUT2D eigenvalue weighted by Gasteiger charge is 1.93. The first kappa shape index (κ1) is 28.7. The lowest BCUT2D eigenvalue weighted by molar-refractivity contribution is 0.541. The highest BCUT2D eigenvalue weighted by molar-refractivity contribution is 4.81. The molecule has 0 fully saturated rings. The maximum absolute atomic E-state index is 3.60. The van der Waals surface area contributed by atoms with Crippen LogP contribution in [0, 0.1) is 0 Å². The molecule has 0 aromatic rings. The molecule has 0 unspecified atom stereocenters. The monoisotopic (exact) mass is 408 g/mol. The maximum Gasteiger partial charge on any atom is -0.00368 e. The zero-order valence-corrected chi connectivity index (χ0v) is 20.4. The molecule has 0 aliphatic carbocycles. The van der Waals surface area contributed by atoms with Crippen molar-refractivity contribution < 1.29 is 0 Å². The van der Waals surface area contributed by atoms with Gasteiger partial charge in [0.25, 0.3) is 0 Å². The van der Waals surface area contributed by atoms with Crippen LogP contribution in [-0.2, 0) is 0 Å². The standard InChI is InChI=1S/C27H56N2/c1-3-5-7-9-10-11-12-13-14-15-16-17-18-19-20-22-25-29-27-23-26-28-24-21-8-6-4-2/h13-14,28-29H,3-12,15-27H2,1-2H3/b14-13-. The van der Waals surface area contributed by atoms with E-state index < -0.39 is 0 Å². The number of hydrogen-bond donors (Lipinski definition) is 2. The molecule has 0 heterocycles. The molecule has 0 aliphatic heterocycles. The van der Waals surface area contributed by atoms with Gasteiger partial charge in [0.15, 0.2) is 0 Å². The summed E-state index contributed by atoms with van der Waals surface area (Å²) < 4.78 is 0. The van der Waals surface area contributed by atoms with Gasteiger partial charge in [-0.1, -0.05) is 103 Å². The number of unbranched alkanes of at least 4 members (excludes halogenated alkanes) is 15. The third kappa shape index (κ3) is 27.7. The molecular formula is C27H56N2. The van der Waals surface area contributed by atoms with Crippen LogP contribution >= 0.6 is 0 Å². The van der Waals surface area contributed by atoms with Crippen molar-refractivity contribution in [2.45, 2.75) is 136 Å². The Labute approximate surface area is 185 Å². The molecule has 2 nitrogen and oxygen atoms in total. The molecule has 0 aliphatic rings. The van der Waals surface area contributed by atoms with Crippen molar-refractivity contribution in [2.24, 2.45) is 0 Å². The van der Waals surface area contributed by atoms with E-state index in [-0.39, 0.29) is 0 Å². The first-order chi connectivity index (χ1) is 14.4. The second-order valence-corrected chi connectivity index (χ2v) is 8.85. The topological polar surface area (TPSA) is 24.1 Å². The van der Waals surface area contributed by atoms with Gasteiger partial charge in [-0.25, -0.2) is 0 Å². The third-order valence-electron chi connectivity index (χ3n) is 5.78. The zero-order chi connectivity index (χ0) is 21.1. The van der Waals surface area contributed by atoms with E-state index in [1.807, 2.05) is 0 Å². The minimum Gasteiger partial charge on any atom is -0.317 e. The van der Waals surface area contributed by atoms with Crippen LogP contribution in [-0.4, -0.2) is 26.2 Å². The highest BCUT2D eigenvalue weighted by Crippen LogP contribution is 2.09. The van der Waals surface area contributed by atoms with Crippen molar-refractivity contribution in [3.8, 4) is 0 Å². The summed E-state index contributed by atoms with van der Waals surface area (Å²) in [6, 6.07) is 0. The summed E-state index contributed by atoms with van der Waals surface area (Å²) in [6.45, 7) is 9.32. The molecule has 0 spiro atoms. The highest BCUT2D eigenvalue weighted by atomic mass is 14.9. The predicted molar refractivity (Wildman–Crippen MR) is 134 cm³/mol. The number of allylic oxidation sites excluding steroid dienone is 2. The summed E-state index contributed by atoms with van der Waals surface area (Å²) in [4.78, 5) is 0. The lowest BCUT2D eigenvalue weighted by Crippen LogP contribution is -2.23. The molecule has 0 atom stereocenters. The van der Waals surface area contributed by atoms with Crippen LogP contribution in [0.15, 0.2) is 12.2 Å². The Balaban J connectivity index is 3.04. The van der Waals surface area contributed by atoms with Crippen LogP contribution in [0.25, 0.3) is 0 Å². The average Bonchev–Trinajstić information content (AvgIpc) is 2.74. The van der Waals surface area contributed by atoms with Gasteiger partial charge >= 0.3 is 0 Å². The maximum atomic E-state index is 3.60. The van der Waals surface area contributed by atoms with E-state index in [4.69, 9.17) is 0 Å². The molecular weight excluding hydrogens is 352 g/mol. The molecule has 174 valence electrons. The first-order valence-electron chi connectivity index (χ1n) is 13.5. The Morgan fingerprint density at radius 1 is 0.379 bits per heavy atom. The Bertz CT molecular complexity index is 301. The SMILES string of the molecule is CCCCCCCC/C=C\CCCCCCCCNCCCNCCCCCC. The van der Waals surface area contributed by atoms with Crippen LogP contribution in [0.1, 0.15) is 136 Å². The van der Waals surface area contributed by atoms with Crippen molar-refractivity contribution in [1.29, 1.82) is 0 Å². The fourth-order valence-corrected chi connectivity index (χ4v) is 3.76. The molecule has 0 saturated carbocycles. The molecule has 29 heavy (non-hydrogen) atoms. The summed E-state index contributed by atoms with van der Waals surface area (Å²) in [7, 11) is 0. The molecule has 0 aromatic carbocycles. The Morgan fingerprint density at radius 3 is 1.21 bits per heavy atom. The summed E-state index contributed by atoms with van der Waals surface area (Å²) >= 11 is 0. The summed E-state index contributed by atoms with van der Waals surface area (Å²) in [6.07, 6.45) is 31.0. The normalized spacial score (nSPS) is 11.7. The summed E-state index contributed by atoms with van der Waals surface area (Å²) in [5.74, 6) is 0. The van der Waals surface area contributed by atoms with Crippen LogP contribution < -0.4 is 10.6 Å². The van der Waals surface area contributed by atoms with E-state index >= 15 is 0 Å². The molecule has 0 rings (SSSR count). The largest absolute Gasteiger partial charge is 0.317 e. The Kier molecular flexibility index (Phi) is 27.3. The zero-order valence-electron chi connectivity index (χ0n) is 20.4. The second-order valence-electron chi connectivity index (χ2n) is 8.85. The van der Waals surface area contributed by atoms with Gasteiger partial charge < -0.3 is 10.6 Å². The van der Waals surface area contributed by atoms with E-state index in [1.54, 1.807) is 0 Å². The average molecular weight is 409 g/mol. The molecule has 0 aromatic heterocycles. The number of hydrogen-bond acceptors (Lipinski definition) is 2. The lowest BCUT2D eigenvalue weighted by Gasteiger charge is -2.06. The Hall–Kier alpha value is -0.340. The van der Waals surface area contributed by atoms with E-state index in [1.165, 1.54) is 148 Å². The second kappa shape index (κ2) is 27.7. The molecule has 0 saturated heterocycles. The van der Waals surface area contributed by atoms with Crippen molar-refractivity contribution in [3.05, 3.63) is 12.2 Å². The van der Waals surface area contributed by atoms with Gasteiger partial charge in [0.2, 0.25) is 0 Å². The van der Waals surface area contributed by atoms with E-state index in [0.29, 0.717) is 0 Å². The number of nitrogens with one attached hydrogen (secondary N) is 2. The minimum atomic E-state index is 1.17. The first-order valence-corrected chi connectivity index (χ1v) is 13.5. The van der Waals surface area contributed by atoms with Crippen molar-refractivity contribution in [2.75, 3.05) is 26.2 Å². The summed E-state index contributed by atoms with van der Waals surface area (Å²) in [5.41, 5.74) is 0. The minimum absolute atomic E-state index is 1.17. The van der Waals surface area contributed by atoms with Crippen LogP contribution in [0.2, 0.25) is 0 Å². The molecule has 0 radical (unpaired) electrons. The fraction of sp³-hybridized carbons (Fsp3) is 0.926. The van der Waals surface area contributed by atoms with Gasteiger partial charge in [0, 0.05) is 0 Å². The predicted octanol–water partition coefficient (Wildman–Crippen LogP) is 8.17. The van der Waals surface area contributed by atoms with Gasteiger partial charge in [0.05, 0.1) is 0 Å². The van der Waals surface area contributed by atoms with Crippen LogP contribution in [0.3, 0.4) is 0 Å². The molecule has 0 amide bonds. The van der Waals surface area contributed by atoms with E-state index in [2.05, 4.69) is 36.6 Å². The quantitative estimate of drug-likeness (QED) is 0.117. The molecule has 0 bridgehead atoms. The number of rotatable bonds is 25. The van der Waals surface area contributed by atoms with Gasteiger partial charge in [0.1, 0.15) is 0 Å². The third-order valence-corrected chi connectivity index (χ3v) is 5.78. The van der Waals surface area contributed by atoms with E-state index in [0.717, 1.165) is 0 Å². The molecule has 2 N–H and O–H groups in total. The van der Waals surface area contributed by atoms with Crippen molar-refractivity contribution in [3.63, 3.8) is 0 Å². The van der Waals surface area contributed by atoms with Crippen molar-refractivity contribution in [1.82, 2.24) is 10.6 Å². The van der Waals surface area contributed by atoms with Gasteiger partial charge in [-0.15, -0.1) is 0 Å². The lowest BCUT2D eigenvalue weighted by atomic mass is 10.1. The van der Waals surface area contributed by atoms with Crippen LogP contribution in [0.5, 0.6) is 0 Å². The smallest absolute Gasteiger partial charge is 0.00368 e. The summed E-state index contributed by atoms with van der Waals surface area (Å²) in [5, 5.41) is 7.16. The van der Waals surface area contributed by atoms with Crippen LogP contribution in [0.4, 0.5) is 0 Å². The van der Waals surface area contributed by atoms with Gasteiger partial charge in [-0.05, 0) is 71.1 Å². The fourth-order valence-electron chi connectivity index (χ4n) is 3.76.